The summed E-state index contributed by atoms with van der Waals surface area (Å²) in [6, 6.07) is 7.60. The summed E-state index contributed by atoms with van der Waals surface area (Å²) in [5.41, 5.74) is 1.58. The molecule has 2 aromatic rings. The molecule has 0 aliphatic heterocycles. The van der Waals surface area contributed by atoms with Crippen LogP contribution in [0.3, 0.4) is 0 Å². The Hall–Kier alpha value is -1.99. The first-order valence-corrected chi connectivity index (χ1v) is 10.6. The zero-order valence-electron chi connectivity index (χ0n) is 15.7. The number of carbonyl (C=O) groups excluding carboxylic acids is 2. The Morgan fingerprint density at radius 1 is 1.15 bits per heavy atom. The quantitative estimate of drug-likeness (QED) is 0.565. The van der Waals surface area contributed by atoms with E-state index in [-0.39, 0.29) is 17.1 Å². The predicted molar refractivity (Wildman–Crippen MR) is 109 cm³/mol. The van der Waals surface area contributed by atoms with E-state index in [0.717, 1.165) is 41.9 Å². The molecule has 1 aromatic carbocycles. The number of rotatable bonds is 6. The van der Waals surface area contributed by atoms with E-state index in [2.05, 4.69) is 5.32 Å². The summed E-state index contributed by atoms with van der Waals surface area (Å²) < 4.78 is 10.1. The van der Waals surface area contributed by atoms with Crippen LogP contribution in [0, 0.1) is 0 Å². The Morgan fingerprint density at radius 2 is 1.85 bits per heavy atom. The maximum atomic E-state index is 12.7. The number of ether oxygens (including phenoxy) is 2. The van der Waals surface area contributed by atoms with Gasteiger partial charge >= 0.3 is 5.97 Å². The Labute approximate surface area is 167 Å². The average Bonchev–Trinajstić information content (AvgIpc) is 3.05. The van der Waals surface area contributed by atoms with Crippen LogP contribution < -0.4 is 10.1 Å². The van der Waals surface area contributed by atoms with Crippen LogP contribution in [0.25, 0.3) is 0 Å². The van der Waals surface area contributed by atoms with Gasteiger partial charge in [-0.1, -0.05) is 0 Å². The van der Waals surface area contributed by atoms with Crippen LogP contribution in [0.15, 0.2) is 29.2 Å². The fraction of sp³-hybridized carbons (Fsp3) is 0.400. The minimum atomic E-state index is -0.375. The van der Waals surface area contributed by atoms with Gasteiger partial charge in [0.15, 0.2) is 0 Å². The Kier molecular flexibility index (Phi) is 6.44. The zero-order chi connectivity index (χ0) is 19.4. The molecule has 0 unspecified atom stereocenters. The number of esters is 1. The number of hydrogen-bond acceptors (Lipinski definition) is 6. The molecule has 27 heavy (non-hydrogen) atoms. The number of aryl methyl sites for hydroxylation is 1. The van der Waals surface area contributed by atoms with Crippen molar-refractivity contribution in [1.82, 2.24) is 0 Å². The maximum absolute atomic E-state index is 12.7. The van der Waals surface area contributed by atoms with Crippen LogP contribution in [0.5, 0.6) is 5.75 Å². The fourth-order valence-corrected chi connectivity index (χ4v) is 5.25. The molecule has 144 valence electrons. The molecule has 5 nitrogen and oxygen atoms in total. The zero-order valence-corrected chi connectivity index (χ0v) is 17.3. The molecule has 1 aliphatic rings. The third kappa shape index (κ3) is 4.47. The van der Waals surface area contributed by atoms with Gasteiger partial charge in [-0.05, 0) is 62.4 Å². The van der Waals surface area contributed by atoms with Gasteiger partial charge in [-0.2, -0.15) is 0 Å². The van der Waals surface area contributed by atoms with Crippen molar-refractivity contribution >= 4 is 40.0 Å². The van der Waals surface area contributed by atoms with E-state index in [1.165, 1.54) is 35.1 Å². The highest BCUT2D eigenvalue weighted by atomic mass is 32.2. The highest BCUT2D eigenvalue weighted by molar-refractivity contribution is 8.00. The summed E-state index contributed by atoms with van der Waals surface area (Å²) >= 11 is 2.97. The molecule has 1 heterocycles. The lowest BCUT2D eigenvalue weighted by molar-refractivity contribution is -0.115. The van der Waals surface area contributed by atoms with Crippen LogP contribution in [0.4, 0.5) is 5.00 Å². The Morgan fingerprint density at radius 3 is 2.52 bits per heavy atom. The number of methoxy groups -OCH3 is 2. The molecule has 0 bridgehead atoms. The number of thiophene rings is 1. The average molecular weight is 406 g/mol. The molecule has 1 amide bonds. The van der Waals surface area contributed by atoms with Crippen LogP contribution in [-0.2, 0) is 22.4 Å². The summed E-state index contributed by atoms with van der Waals surface area (Å²) in [5, 5.41) is 3.27. The lowest BCUT2D eigenvalue weighted by Gasteiger charge is -2.13. The standard InChI is InChI=1S/C20H23NO4S2/c1-12(26-14-10-8-13(24-2)9-11-14)18(22)21-19-17(20(23)25-3)15-6-4-5-7-16(15)27-19/h8-12H,4-7H2,1-3H3,(H,21,22)/t12-/m1/s1. The molecule has 0 saturated carbocycles. The molecule has 0 spiro atoms. The van der Waals surface area contributed by atoms with Gasteiger partial charge in [0.1, 0.15) is 10.8 Å². The fourth-order valence-electron chi connectivity index (χ4n) is 3.10. The van der Waals surface area contributed by atoms with Crippen molar-refractivity contribution in [3.63, 3.8) is 0 Å². The smallest absolute Gasteiger partial charge is 0.341 e. The normalized spacial score (nSPS) is 14.2. The lowest BCUT2D eigenvalue weighted by Crippen LogP contribution is -2.23. The van der Waals surface area contributed by atoms with Gasteiger partial charge < -0.3 is 14.8 Å². The molecule has 1 atom stereocenters. The van der Waals surface area contributed by atoms with Crippen molar-refractivity contribution in [2.24, 2.45) is 0 Å². The first-order valence-electron chi connectivity index (χ1n) is 8.88. The van der Waals surface area contributed by atoms with Crippen molar-refractivity contribution in [2.75, 3.05) is 19.5 Å². The van der Waals surface area contributed by atoms with E-state index >= 15 is 0 Å². The van der Waals surface area contributed by atoms with Crippen molar-refractivity contribution in [3.05, 3.63) is 40.3 Å². The summed E-state index contributed by atoms with van der Waals surface area (Å²) in [7, 11) is 3.00. The second kappa shape index (κ2) is 8.80. The summed E-state index contributed by atoms with van der Waals surface area (Å²) in [6.45, 7) is 1.86. The van der Waals surface area contributed by atoms with Gasteiger partial charge in [0.25, 0.3) is 0 Å². The lowest BCUT2D eigenvalue weighted by atomic mass is 9.95. The van der Waals surface area contributed by atoms with Crippen LogP contribution in [-0.4, -0.2) is 31.3 Å². The molecule has 0 radical (unpaired) electrons. The van der Waals surface area contributed by atoms with E-state index in [9.17, 15) is 9.59 Å². The largest absolute Gasteiger partial charge is 0.497 e. The Balaban J connectivity index is 1.74. The summed E-state index contributed by atoms with van der Waals surface area (Å²) in [6.07, 6.45) is 3.99. The molecule has 7 heteroatoms. The number of fused-ring (bicyclic) bond motifs is 1. The topological polar surface area (TPSA) is 64.6 Å². The molecular formula is C20H23NO4S2. The number of thioether (sulfide) groups is 1. The third-order valence-electron chi connectivity index (χ3n) is 4.54. The minimum Gasteiger partial charge on any atom is -0.497 e. The number of nitrogens with one attached hydrogen (secondary N) is 1. The van der Waals surface area contributed by atoms with Crippen molar-refractivity contribution in [2.45, 2.75) is 42.8 Å². The molecule has 0 fully saturated rings. The monoisotopic (exact) mass is 405 g/mol. The van der Waals surface area contributed by atoms with Crippen molar-refractivity contribution in [1.29, 1.82) is 0 Å². The number of hydrogen-bond donors (Lipinski definition) is 1. The first-order chi connectivity index (χ1) is 13.0. The van der Waals surface area contributed by atoms with Crippen LogP contribution in [0.2, 0.25) is 0 Å². The second-order valence-electron chi connectivity index (χ2n) is 6.33. The van der Waals surface area contributed by atoms with Gasteiger partial charge in [-0.15, -0.1) is 23.1 Å². The van der Waals surface area contributed by atoms with Crippen LogP contribution >= 0.6 is 23.1 Å². The minimum absolute atomic E-state index is 0.125. The summed E-state index contributed by atoms with van der Waals surface area (Å²) in [5.74, 6) is 0.281. The van der Waals surface area contributed by atoms with E-state index in [4.69, 9.17) is 9.47 Å². The molecule has 3 rings (SSSR count). The van der Waals surface area contributed by atoms with Crippen molar-refractivity contribution in [3.8, 4) is 5.75 Å². The summed E-state index contributed by atoms with van der Waals surface area (Å²) in [4.78, 5) is 27.2. The molecule has 1 aromatic heterocycles. The van der Waals surface area contributed by atoms with E-state index < -0.39 is 0 Å². The van der Waals surface area contributed by atoms with Gasteiger partial charge in [-0.25, -0.2) is 4.79 Å². The molecule has 1 N–H and O–H groups in total. The van der Waals surface area contributed by atoms with Gasteiger partial charge in [0.2, 0.25) is 5.91 Å². The first kappa shape index (κ1) is 19.8. The van der Waals surface area contributed by atoms with E-state index in [0.29, 0.717) is 10.6 Å². The Bertz CT molecular complexity index is 829. The third-order valence-corrected chi connectivity index (χ3v) is 6.86. The molecule has 0 saturated heterocycles. The van der Waals surface area contributed by atoms with Crippen LogP contribution in [0.1, 0.15) is 40.6 Å². The molecule has 1 aliphatic carbocycles. The van der Waals surface area contributed by atoms with Gasteiger partial charge in [0.05, 0.1) is 25.0 Å². The number of carbonyl (C=O) groups is 2. The van der Waals surface area contributed by atoms with Gasteiger partial charge in [0, 0.05) is 9.77 Å². The van der Waals surface area contributed by atoms with E-state index in [1.54, 1.807) is 7.11 Å². The SMILES string of the molecule is COC(=O)c1c(NC(=O)[C@@H](C)Sc2ccc(OC)cc2)sc2c1CCCC2. The van der Waals surface area contributed by atoms with Crippen molar-refractivity contribution < 1.29 is 19.1 Å². The van der Waals surface area contributed by atoms with E-state index in [1.807, 2.05) is 31.2 Å². The number of benzene rings is 1. The molecular weight excluding hydrogens is 382 g/mol. The highest BCUT2D eigenvalue weighted by Gasteiger charge is 2.28. The number of anilines is 1. The second-order valence-corrected chi connectivity index (χ2v) is 8.85. The maximum Gasteiger partial charge on any atom is 0.341 e. The number of amides is 1. The van der Waals surface area contributed by atoms with Gasteiger partial charge in [-0.3, -0.25) is 4.79 Å². The highest BCUT2D eigenvalue weighted by Crippen LogP contribution is 2.39. The predicted octanol–water partition coefficient (Wildman–Crippen LogP) is 4.54.